The fourth-order valence-electron chi connectivity index (χ4n) is 1.07. The fourth-order valence-corrected chi connectivity index (χ4v) is 1.23. The molecule has 13 heavy (non-hydrogen) atoms. The molecule has 0 atom stereocenters. The summed E-state index contributed by atoms with van der Waals surface area (Å²) in [6, 6.07) is 2.65. The highest BCUT2D eigenvalue weighted by Crippen LogP contribution is 2.23. The van der Waals surface area contributed by atoms with Gasteiger partial charge in [-0.3, -0.25) is 0 Å². The zero-order valence-corrected chi connectivity index (χ0v) is 7.22. The third kappa shape index (κ3) is 1.29. The van der Waals surface area contributed by atoms with Crippen molar-refractivity contribution in [1.29, 1.82) is 0 Å². The van der Waals surface area contributed by atoms with Crippen LogP contribution >= 0.6 is 11.6 Å². The summed E-state index contributed by atoms with van der Waals surface area (Å²) < 4.78 is 12.9. The number of nitrogen functional groups attached to an aromatic ring is 1. The summed E-state index contributed by atoms with van der Waals surface area (Å²) in [4.78, 5) is 7.62. The van der Waals surface area contributed by atoms with Gasteiger partial charge in [-0.25, -0.2) is 14.4 Å². The average Bonchev–Trinajstić information content (AvgIpc) is 2.09. The van der Waals surface area contributed by atoms with Crippen molar-refractivity contribution in [3.05, 3.63) is 29.3 Å². The number of hydrogen-bond donors (Lipinski definition) is 1. The molecule has 0 radical (unpaired) electrons. The molecule has 0 saturated heterocycles. The molecule has 1 heterocycles. The first-order chi connectivity index (χ1) is 6.18. The quantitative estimate of drug-likeness (QED) is 0.703. The van der Waals surface area contributed by atoms with Gasteiger partial charge in [0, 0.05) is 11.5 Å². The highest BCUT2D eigenvalue weighted by atomic mass is 35.5. The topological polar surface area (TPSA) is 51.8 Å². The van der Waals surface area contributed by atoms with Crippen LogP contribution in [0.5, 0.6) is 0 Å². The van der Waals surface area contributed by atoms with E-state index < -0.39 is 5.82 Å². The van der Waals surface area contributed by atoms with E-state index in [0.29, 0.717) is 16.7 Å². The Bertz CT molecular complexity index is 472. The molecule has 1 aromatic heterocycles. The van der Waals surface area contributed by atoms with Crippen molar-refractivity contribution in [2.45, 2.75) is 0 Å². The molecule has 2 rings (SSSR count). The van der Waals surface area contributed by atoms with Crippen molar-refractivity contribution >= 4 is 28.3 Å². The van der Waals surface area contributed by atoms with Gasteiger partial charge >= 0.3 is 0 Å². The van der Waals surface area contributed by atoms with Crippen LogP contribution in [0.25, 0.3) is 10.9 Å². The third-order valence-corrected chi connectivity index (χ3v) is 2.00. The van der Waals surface area contributed by atoms with Crippen LogP contribution in [-0.4, -0.2) is 9.97 Å². The lowest BCUT2D eigenvalue weighted by Gasteiger charge is -2.00. The van der Waals surface area contributed by atoms with Gasteiger partial charge in [0.1, 0.15) is 18.0 Å². The lowest BCUT2D eigenvalue weighted by molar-refractivity contribution is 0.630. The molecule has 3 nitrogen and oxygen atoms in total. The first-order valence-corrected chi connectivity index (χ1v) is 3.91. The van der Waals surface area contributed by atoms with Gasteiger partial charge in [0.2, 0.25) is 0 Å². The van der Waals surface area contributed by atoms with Gasteiger partial charge in [-0.1, -0.05) is 11.6 Å². The van der Waals surface area contributed by atoms with E-state index in [0.717, 1.165) is 0 Å². The Morgan fingerprint density at radius 1 is 1.31 bits per heavy atom. The second kappa shape index (κ2) is 2.81. The molecule has 0 aliphatic heterocycles. The van der Waals surface area contributed by atoms with Gasteiger partial charge in [-0.2, -0.15) is 0 Å². The molecule has 2 aromatic rings. The van der Waals surface area contributed by atoms with Crippen molar-refractivity contribution in [1.82, 2.24) is 9.97 Å². The maximum Gasteiger partial charge on any atom is 0.143 e. The minimum absolute atomic E-state index is 0.0222. The Morgan fingerprint density at radius 2 is 2.08 bits per heavy atom. The summed E-state index contributed by atoms with van der Waals surface area (Å²) in [6.45, 7) is 0. The Morgan fingerprint density at radius 3 is 2.85 bits per heavy atom. The molecule has 5 heteroatoms. The Kier molecular flexibility index (Phi) is 1.77. The predicted octanol–water partition coefficient (Wildman–Crippen LogP) is 2.00. The summed E-state index contributed by atoms with van der Waals surface area (Å²) in [7, 11) is 0. The lowest BCUT2D eigenvalue weighted by atomic mass is 10.2. The number of aromatic nitrogens is 2. The Balaban J connectivity index is 2.89. The molecule has 1 aromatic carbocycles. The van der Waals surface area contributed by atoms with Crippen molar-refractivity contribution in [2.75, 3.05) is 5.73 Å². The second-order valence-corrected chi connectivity index (χ2v) is 2.95. The van der Waals surface area contributed by atoms with E-state index in [9.17, 15) is 4.39 Å². The SMILES string of the molecule is Nc1ncnc2cc(F)c(Cl)cc12. The van der Waals surface area contributed by atoms with Crippen molar-refractivity contribution in [2.24, 2.45) is 0 Å². The first-order valence-electron chi connectivity index (χ1n) is 3.53. The van der Waals surface area contributed by atoms with Crippen molar-refractivity contribution in [3.8, 4) is 0 Å². The molecule has 0 aliphatic rings. The van der Waals surface area contributed by atoms with Gasteiger partial charge in [-0.15, -0.1) is 0 Å². The van der Waals surface area contributed by atoms with Crippen LogP contribution < -0.4 is 5.73 Å². The van der Waals surface area contributed by atoms with E-state index in [4.69, 9.17) is 17.3 Å². The number of rotatable bonds is 0. The van der Waals surface area contributed by atoms with Crippen molar-refractivity contribution < 1.29 is 4.39 Å². The molecule has 0 aliphatic carbocycles. The fraction of sp³-hybridized carbons (Fsp3) is 0. The molecule has 0 spiro atoms. The zero-order valence-electron chi connectivity index (χ0n) is 6.46. The molecular weight excluding hydrogens is 193 g/mol. The molecule has 0 fully saturated rings. The minimum atomic E-state index is -0.507. The van der Waals surface area contributed by atoms with Gasteiger partial charge in [-0.05, 0) is 6.07 Å². The largest absolute Gasteiger partial charge is 0.383 e. The summed E-state index contributed by atoms with van der Waals surface area (Å²) >= 11 is 5.57. The third-order valence-electron chi connectivity index (χ3n) is 1.71. The minimum Gasteiger partial charge on any atom is -0.383 e. The van der Waals surface area contributed by atoms with Gasteiger partial charge in [0.05, 0.1) is 10.5 Å². The number of benzene rings is 1. The van der Waals surface area contributed by atoms with E-state index in [1.165, 1.54) is 18.5 Å². The van der Waals surface area contributed by atoms with E-state index in [1.807, 2.05) is 0 Å². The van der Waals surface area contributed by atoms with E-state index >= 15 is 0 Å². The van der Waals surface area contributed by atoms with Crippen LogP contribution in [-0.2, 0) is 0 Å². The van der Waals surface area contributed by atoms with E-state index in [2.05, 4.69) is 9.97 Å². The number of halogens is 2. The summed E-state index contributed by atoms with van der Waals surface area (Å²) in [6.07, 6.45) is 1.28. The monoisotopic (exact) mass is 197 g/mol. The van der Waals surface area contributed by atoms with Crippen molar-refractivity contribution in [3.63, 3.8) is 0 Å². The standard InChI is InChI=1S/C8H5ClFN3/c9-5-1-4-7(2-6(5)10)12-3-13-8(4)11/h1-3H,(H2,11,12,13). The van der Waals surface area contributed by atoms with Crippen LogP contribution in [0.15, 0.2) is 18.5 Å². The Hall–Kier alpha value is -1.42. The highest BCUT2D eigenvalue weighted by Gasteiger charge is 2.05. The normalized spacial score (nSPS) is 10.6. The number of anilines is 1. The maximum absolute atomic E-state index is 12.9. The van der Waals surface area contributed by atoms with Gasteiger partial charge < -0.3 is 5.73 Å². The number of hydrogen-bond acceptors (Lipinski definition) is 3. The summed E-state index contributed by atoms with van der Waals surface area (Å²) in [5, 5.41) is 0.586. The zero-order chi connectivity index (χ0) is 9.42. The van der Waals surface area contributed by atoms with E-state index in [1.54, 1.807) is 0 Å². The lowest BCUT2D eigenvalue weighted by Crippen LogP contribution is -1.93. The second-order valence-electron chi connectivity index (χ2n) is 2.54. The van der Waals surface area contributed by atoms with Crippen LogP contribution in [0.1, 0.15) is 0 Å². The number of nitrogens with two attached hydrogens (primary N) is 1. The molecule has 2 N–H and O–H groups in total. The smallest absolute Gasteiger partial charge is 0.143 e. The Labute approximate surface area is 78.4 Å². The average molecular weight is 198 g/mol. The van der Waals surface area contributed by atoms with Crippen LogP contribution in [0.4, 0.5) is 10.2 Å². The predicted molar refractivity (Wildman–Crippen MR) is 48.9 cm³/mol. The summed E-state index contributed by atoms with van der Waals surface area (Å²) in [5.41, 5.74) is 6.00. The molecular formula is C8H5ClFN3. The number of nitrogens with zero attached hydrogens (tertiary/aromatic N) is 2. The summed E-state index contributed by atoms with van der Waals surface area (Å²) in [5.74, 6) is -0.209. The van der Waals surface area contributed by atoms with Crippen LogP contribution in [0.2, 0.25) is 5.02 Å². The van der Waals surface area contributed by atoms with Crippen LogP contribution in [0, 0.1) is 5.82 Å². The maximum atomic E-state index is 12.9. The molecule has 0 saturated carbocycles. The number of fused-ring (bicyclic) bond motifs is 1. The van der Waals surface area contributed by atoms with Crippen LogP contribution in [0.3, 0.4) is 0 Å². The first kappa shape index (κ1) is 8.19. The molecule has 66 valence electrons. The van der Waals surface area contributed by atoms with Gasteiger partial charge in [0.15, 0.2) is 0 Å². The highest BCUT2D eigenvalue weighted by molar-refractivity contribution is 6.31. The molecule has 0 unspecified atom stereocenters. The molecule has 0 bridgehead atoms. The van der Waals surface area contributed by atoms with E-state index in [-0.39, 0.29) is 5.02 Å². The van der Waals surface area contributed by atoms with Gasteiger partial charge in [0.25, 0.3) is 0 Å². The molecule has 0 amide bonds.